The molecule has 24 heavy (non-hydrogen) atoms. The smallest absolute Gasteiger partial charge is 0.255 e. The monoisotopic (exact) mass is 331 g/mol. The van der Waals surface area contributed by atoms with E-state index >= 15 is 0 Å². The predicted molar refractivity (Wildman–Crippen MR) is 88.9 cm³/mol. The van der Waals surface area contributed by atoms with Crippen molar-refractivity contribution in [2.45, 2.75) is 38.1 Å². The Balaban J connectivity index is 1.78. The Bertz CT molecular complexity index is 684. The van der Waals surface area contributed by atoms with Crippen LogP contribution in [0.25, 0.3) is 11.3 Å². The Morgan fingerprint density at radius 1 is 1.25 bits per heavy atom. The summed E-state index contributed by atoms with van der Waals surface area (Å²) in [5, 5.41) is 19.4. The van der Waals surface area contributed by atoms with Crippen LogP contribution in [0.1, 0.15) is 42.5 Å². The zero-order valence-corrected chi connectivity index (χ0v) is 13.5. The van der Waals surface area contributed by atoms with Crippen molar-refractivity contribution < 1.29 is 14.3 Å². The Morgan fingerprint density at radius 3 is 2.75 bits per heavy atom. The highest BCUT2D eigenvalue weighted by Crippen LogP contribution is 2.25. The van der Waals surface area contributed by atoms with Gasteiger partial charge in [0.1, 0.15) is 5.82 Å². The summed E-state index contributed by atoms with van der Waals surface area (Å²) in [5.74, 6) is -0.445. The summed E-state index contributed by atoms with van der Waals surface area (Å²) in [7, 11) is 0. The molecule has 1 fully saturated rings. The summed E-state index contributed by atoms with van der Waals surface area (Å²) in [6, 6.07) is 5.90. The Morgan fingerprint density at radius 2 is 2.00 bits per heavy atom. The number of aliphatic hydroxyl groups is 1. The molecular formula is C18H22FN3O2. The van der Waals surface area contributed by atoms with Gasteiger partial charge in [0, 0.05) is 24.1 Å². The molecule has 0 bridgehead atoms. The first kappa shape index (κ1) is 16.6. The van der Waals surface area contributed by atoms with Crippen LogP contribution in [0.5, 0.6) is 0 Å². The maximum atomic E-state index is 13.1. The highest BCUT2D eigenvalue weighted by Gasteiger charge is 2.26. The number of aliphatic hydroxyl groups excluding tert-OH is 1. The minimum atomic E-state index is -0.325. The molecule has 1 aliphatic rings. The molecule has 1 aromatic heterocycles. The van der Waals surface area contributed by atoms with Crippen LogP contribution < -0.4 is 5.32 Å². The van der Waals surface area contributed by atoms with Gasteiger partial charge in [-0.2, -0.15) is 5.10 Å². The molecule has 2 aromatic rings. The second kappa shape index (κ2) is 7.57. The van der Waals surface area contributed by atoms with Crippen molar-refractivity contribution in [1.82, 2.24) is 15.5 Å². The number of amides is 1. The van der Waals surface area contributed by atoms with Gasteiger partial charge in [0.25, 0.3) is 5.91 Å². The molecule has 1 aliphatic carbocycles. The first-order valence-corrected chi connectivity index (χ1v) is 8.40. The van der Waals surface area contributed by atoms with E-state index in [9.17, 15) is 14.3 Å². The van der Waals surface area contributed by atoms with Gasteiger partial charge in [-0.15, -0.1) is 0 Å². The summed E-state index contributed by atoms with van der Waals surface area (Å²) in [5.41, 5.74) is 1.71. The zero-order valence-electron chi connectivity index (χ0n) is 13.5. The highest BCUT2D eigenvalue weighted by molar-refractivity contribution is 5.99. The quantitative estimate of drug-likeness (QED) is 0.754. The van der Waals surface area contributed by atoms with Gasteiger partial charge in [-0.1, -0.05) is 19.3 Å². The number of benzene rings is 1. The van der Waals surface area contributed by atoms with Gasteiger partial charge in [-0.05, 0) is 37.1 Å². The Hall–Kier alpha value is -2.21. The Labute approximate surface area is 140 Å². The van der Waals surface area contributed by atoms with Crippen molar-refractivity contribution >= 4 is 5.91 Å². The number of aromatic nitrogens is 2. The molecule has 0 saturated heterocycles. The molecule has 1 heterocycles. The van der Waals surface area contributed by atoms with Crippen LogP contribution in [0.15, 0.2) is 30.5 Å². The van der Waals surface area contributed by atoms with Crippen molar-refractivity contribution in [2.75, 3.05) is 6.61 Å². The number of aromatic amines is 1. The van der Waals surface area contributed by atoms with Crippen LogP contribution in [0, 0.1) is 11.7 Å². The average molecular weight is 331 g/mol. The van der Waals surface area contributed by atoms with Gasteiger partial charge >= 0.3 is 0 Å². The minimum absolute atomic E-state index is 0.0269. The van der Waals surface area contributed by atoms with E-state index in [1.165, 1.54) is 18.3 Å². The fourth-order valence-electron chi connectivity index (χ4n) is 3.33. The number of hydrogen-bond donors (Lipinski definition) is 3. The van der Waals surface area contributed by atoms with E-state index in [1.54, 1.807) is 12.1 Å². The van der Waals surface area contributed by atoms with Crippen LogP contribution in [-0.4, -0.2) is 33.9 Å². The third-order valence-corrected chi connectivity index (χ3v) is 4.73. The van der Waals surface area contributed by atoms with Crippen molar-refractivity contribution in [3.05, 3.63) is 41.8 Å². The van der Waals surface area contributed by atoms with Crippen LogP contribution in [0.4, 0.5) is 4.39 Å². The SMILES string of the molecule is O=C(NC1CCCCCC1CO)c1cn[nH]c1-c1ccc(F)cc1. The largest absolute Gasteiger partial charge is 0.396 e. The number of halogens is 1. The van der Waals surface area contributed by atoms with Crippen LogP contribution in [-0.2, 0) is 0 Å². The molecule has 0 radical (unpaired) electrons. The number of hydrogen-bond acceptors (Lipinski definition) is 3. The van der Waals surface area contributed by atoms with Crippen molar-refractivity contribution in [2.24, 2.45) is 5.92 Å². The van der Waals surface area contributed by atoms with Crippen molar-refractivity contribution in [3.63, 3.8) is 0 Å². The van der Waals surface area contributed by atoms with E-state index in [0.29, 0.717) is 16.8 Å². The number of nitrogens with zero attached hydrogens (tertiary/aromatic N) is 1. The van der Waals surface area contributed by atoms with Crippen LogP contribution in [0.3, 0.4) is 0 Å². The van der Waals surface area contributed by atoms with Crippen LogP contribution in [0.2, 0.25) is 0 Å². The summed E-state index contributed by atoms with van der Waals surface area (Å²) >= 11 is 0. The molecule has 2 atom stereocenters. The molecule has 3 rings (SSSR count). The Kier molecular flexibility index (Phi) is 5.25. The number of rotatable bonds is 4. The molecule has 0 aliphatic heterocycles. The first-order chi connectivity index (χ1) is 11.7. The minimum Gasteiger partial charge on any atom is -0.396 e. The van der Waals surface area contributed by atoms with Gasteiger partial charge in [-0.3, -0.25) is 9.89 Å². The van der Waals surface area contributed by atoms with Crippen molar-refractivity contribution in [1.29, 1.82) is 0 Å². The lowest BCUT2D eigenvalue weighted by Crippen LogP contribution is -2.41. The third-order valence-electron chi connectivity index (χ3n) is 4.73. The fourth-order valence-corrected chi connectivity index (χ4v) is 3.33. The molecular weight excluding hydrogens is 309 g/mol. The van der Waals surface area contributed by atoms with Gasteiger partial charge < -0.3 is 10.4 Å². The van der Waals surface area contributed by atoms with E-state index in [1.807, 2.05) is 0 Å². The highest BCUT2D eigenvalue weighted by atomic mass is 19.1. The summed E-state index contributed by atoms with van der Waals surface area (Å²) in [4.78, 5) is 12.7. The first-order valence-electron chi connectivity index (χ1n) is 8.40. The standard InChI is InChI=1S/C18H22FN3O2/c19-14-8-6-12(7-9-14)17-15(10-20-22-17)18(24)21-16-5-3-1-2-4-13(16)11-23/h6-10,13,16,23H,1-5,11H2,(H,20,22)(H,21,24). The summed E-state index contributed by atoms with van der Waals surface area (Å²) in [6.45, 7) is 0.0845. The molecule has 1 saturated carbocycles. The predicted octanol–water partition coefficient (Wildman–Crippen LogP) is 2.89. The molecule has 6 heteroatoms. The van der Waals surface area contributed by atoms with E-state index in [-0.39, 0.29) is 30.3 Å². The lowest BCUT2D eigenvalue weighted by molar-refractivity contribution is 0.0900. The lowest BCUT2D eigenvalue weighted by Gasteiger charge is -2.24. The topological polar surface area (TPSA) is 78.0 Å². The normalized spacial score (nSPS) is 21.2. The number of nitrogens with one attached hydrogen (secondary N) is 2. The van der Waals surface area contributed by atoms with Gasteiger partial charge in [0.15, 0.2) is 0 Å². The molecule has 3 N–H and O–H groups in total. The molecule has 2 unspecified atom stereocenters. The maximum Gasteiger partial charge on any atom is 0.255 e. The zero-order chi connectivity index (χ0) is 16.9. The number of H-pyrrole nitrogens is 1. The van der Waals surface area contributed by atoms with E-state index in [0.717, 1.165) is 32.1 Å². The van der Waals surface area contributed by atoms with Gasteiger partial charge in [0.05, 0.1) is 17.5 Å². The van der Waals surface area contributed by atoms with Gasteiger partial charge in [-0.25, -0.2) is 4.39 Å². The van der Waals surface area contributed by atoms with Crippen molar-refractivity contribution in [3.8, 4) is 11.3 Å². The average Bonchev–Trinajstić information content (AvgIpc) is 2.97. The van der Waals surface area contributed by atoms with E-state index in [2.05, 4.69) is 15.5 Å². The molecule has 1 amide bonds. The van der Waals surface area contributed by atoms with E-state index < -0.39 is 0 Å². The molecule has 5 nitrogen and oxygen atoms in total. The van der Waals surface area contributed by atoms with E-state index in [4.69, 9.17) is 0 Å². The molecule has 0 spiro atoms. The van der Waals surface area contributed by atoms with Crippen LogP contribution >= 0.6 is 0 Å². The second-order valence-corrected chi connectivity index (χ2v) is 6.33. The molecule has 128 valence electrons. The van der Waals surface area contributed by atoms with Gasteiger partial charge in [0.2, 0.25) is 0 Å². The number of carbonyl (C=O) groups excluding carboxylic acids is 1. The molecule has 1 aromatic carbocycles. The summed E-state index contributed by atoms with van der Waals surface area (Å²) in [6.07, 6.45) is 6.56. The second-order valence-electron chi connectivity index (χ2n) is 6.33. The number of carbonyl (C=O) groups is 1. The maximum absolute atomic E-state index is 13.1. The summed E-state index contributed by atoms with van der Waals surface area (Å²) < 4.78 is 13.1. The fraction of sp³-hybridized carbons (Fsp3) is 0.444. The lowest BCUT2D eigenvalue weighted by atomic mass is 9.95. The third kappa shape index (κ3) is 3.64.